The van der Waals surface area contributed by atoms with E-state index in [4.69, 9.17) is 9.47 Å². The molecule has 0 radical (unpaired) electrons. The second-order valence-electron chi connectivity index (χ2n) is 5.41. The Hall–Kier alpha value is -1.76. The van der Waals surface area contributed by atoms with Crippen LogP contribution in [0, 0.1) is 5.92 Å². The van der Waals surface area contributed by atoms with E-state index in [2.05, 4.69) is 0 Å². The Morgan fingerprint density at radius 2 is 1.95 bits per heavy atom. The molecule has 0 spiro atoms. The van der Waals surface area contributed by atoms with E-state index >= 15 is 0 Å². The van der Waals surface area contributed by atoms with Crippen LogP contribution in [0.15, 0.2) is 18.2 Å². The molecule has 114 valence electrons. The van der Waals surface area contributed by atoms with Crippen molar-refractivity contribution in [2.45, 2.75) is 12.5 Å². The highest BCUT2D eigenvalue weighted by Crippen LogP contribution is 2.42. The van der Waals surface area contributed by atoms with Gasteiger partial charge < -0.3 is 14.4 Å². The van der Waals surface area contributed by atoms with Gasteiger partial charge in [0.15, 0.2) is 9.84 Å². The third-order valence-corrected chi connectivity index (χ3v) is 5.90. The summed E-state index contributed by atoms with van der Waals surface area (Å²) in [5.41, 5.74) is 0.575. The number of nitrogens with zero attached hydrogens (tertiary/aromatic N) is 1. The van der Waals surface area contributed by atoms with Gasteiger partial charge in [0.1, 0.15) is 11.5 Å². The van der Waals surface area contributed by atoms with Crippen molar-refractivity contribution in [3.63, 3.8) is 0 Å². The average molecular weight is 311 g/mol. The van der Waals surface area contributed by atoms with E-state index in [0.717, 1.165) is 0 Å². The fourth-order valence-corrected chi connectivity index (χ4v) is 5.26. The Morgan fingerprint density at radius 3 is 2.62 bits per heavy atom. The number of hydrogen-bond donors (Lipinski definition) is 0. The Labute approximate surface area is 123 Å². The molecule has 2 aliphatic rings. The Morgan fingerprint density at radius 1 is 1.19 bits per heavy atom. The van der Waals surface area contributed by atoms with Gasteiger partial charge in [-0.3, -0.25) is 4.79 Å². The van der Waals surface area contributed by atoms with Crippen molar-refractivity contribution in [2.24, 2.45) is 5.92 Å². The Bertz CT molecular complexity index is 685. The van der Waals surface area contributed by atoms with Gasteiger partial charge in [0.05, 0.1) is 37.5 Å². The number of anilines is 1. The third kappa shape index (κ3) is 2.35. The van der Waals surface area contributed by atoms with Gasteiger partial charge in [-0.2, -0.15) is 0 Å². The van der Waals surface area contributed by atoms with Crippen molar-refractivity contribution >= 4 is 21.4 Å². The van der Waals surface area contributed by atoms with Gasteiger partial charge in [-0.25, -0.2) is 8.42 Å². The molecule has 6 nitrogen and oxygen atoms in total. The molecule has 2 saturated heterocycles. The zero-order valence-electron chi connectivity index (χ0n) is 11.9. The van der Waals surface area contributed by atoms with Crippen molar-refractivity contribution in [1.82, 2.24) is 0 Å². The molecule has 1 aromatic carbocycles. The van der Waals surface area contributed by atoms with E-state index < -0.39 is 9.84 Å². The quantitative estimate of drug-likeness (QED) is 0.827. The van der Waals surface area contributed by atoms with Crippen LogP contribution in [0.5, 0.6) is 11.5 Å². The van der Waals surface area contributed by atoms with Crippen molar-refractivity contribution in [1.29, 1.82) is 0 Å². The highest BCUT2D eigenvalue weighted by Gasteiger charge is 2.49. The van der Waals surface area contributed by atoms with Crippen molar-refractivity contribution in [2.75, 3.05) is 30.6 Å². The minimum atomic E-state index is -3.07. The lowest BCUT2D eigenvalue weighted by Gasteiger charge is -2.25. The van der Waals surface area contributed by atoms with E-state index in [0.29, 0.717) is 17.2 Å². The number of rotatable bonds is 3. The molecule has 1 aromatic rings. The summed E-state index contributed by atoms with van der Waals surface area (Å²) in [4.78, 5) is 13.9. The van der Waals surface area contributed by atoms with E-state index in [1.165, 1.54) is 7.11 Å². The zero-order chi connectivity index (χ0) is 15.2. The van der Waals surface area contributed by atoms with Crippen LogP contribution in [0.4, 0.5) is 5.69 Å². The number of carbonyl (C=O) groups is 1. The van der Waals surface area contributed by atoms with Crippen LogP contribution >= 0.6 is 0 Å². The highest BCUT2D eigenvalue weighted by molar-refractivity contribution is 7.91. The molecule has 2 fully saturated rings. The number of methoxy groups -OCH3 is 2. The summed E-state index contributed by atoms with van der Waals surface area (Å²) >= 11 is 0. The van der Waals surface area contributed by atoms with E-state index in [1.807, 2.05) is 0 Å². The number of hydrogen-bond acceptors (Lipinski definition) is 5. The smallest absolute Gasteiger partial charge is 0.227 e. The molecule has 3 rings (SSSR count). The maximum Gasteiger partial charge on any atom is 0.227 e. The van der Waals surface area contributed by atoms with Crippen LogP contribution < -0.4 is 14.4 Å². The topological polar surface area (TPSA) is 72.9 Å². The predicted octanol–water partition coefficient (Wildman–Crippen LogP) is 0.854. The standard InChI is InChI=1S/C14H17NO5S/c1-19-10-3-4-13(20-2)11(6-10)15-12-8-21(17,18)7-9(12)5-14(15)16/h3-4,6,9,12H,5,7-8H2,1-2H3/t9-,12+/m0/s1. The molecule has 21 heavy (non-hydrogen) atoms. The van der Waals surface area contributed by atoms with Crippen LogP contribution in [0.25, 0.3) is 0 Å². The fourth-order valence-electron chi connectivity index (χ4n) is 3.19. The summed E-state index contributed by atoms with van der Waals surface area (Å²) in [6, 6.07) is 4.87. The molecule has 0 aromatic heterocycles. The Balaban J connectivity index is 2.04. The third-order valence-electron chi connectivity index (χ3n) is 4.12. The maximum absolute atomic E-state index is 12.3. The van der Waals surface area contributed by atoms with Gasteiger partial charge in [-0.1, -0.05) is 0 Å². The first-order valence-electron chi connectivity index (χ1n) is 6.69. The molecule has 2 aliphatic heterocycles. The molecular formula is C14H17NO5S. The summed E-state index contributed by atoms with van der Waals surface area (Å²) in [6.07, 6.45) is 0.268. The minimum absolute atomic E-state index is 0.0176. The highest BCUT2D eigenvalue weighted by atomic mass is 32.2. The van der Waals surface area contributed by atoms with E-state index in [9.17, 15) is 13.2 Å². The largest absolute Gasteiger partial charge is 0.497 e. The molecule has 0 saturated carbocycles. The molecule has 2 heterocycles. The molecular weight excluding hydrogens is 294 g/mol. The van der Waals surface area contributed by atoms with Gasteiger partial charge in [0.2, 0.25) is 5.91 Å². The second kappa shape index (κ2) is 4.91. The molecule has 0 N–H and O–H groups in total. The first-order valence-corrected chi connectivity index (χ1v) is 8.52. The van der Waals surface area contributed by atoms with Crippen molar-refractivity contribution in [3.05, 3.63) is 18.2 Å². The number of ether oxygens (including phenoxy) is 2. The van der Waals surface area contributed by atoms with Gasteiger partial charge in [0, 0.05) is 18.4 Å². The summed E-state index contributed by atoms with van der Waals surface area (Å²) in [5.74, 6) is 1.05. The van der Waals surface area contributed by atoms with Crippen LogP contribution in [0.2, 0.25) is 0 Å². The maximum atomic E-state index is 12.3. The van der Waals surface area contributed by atoms with Crippen molar-refractivity contribution < 1.29 is 22.7 Å². The van der Waals surface area contributed by atoms with Crippen molar-refractivity contribution in [3.8, 4) is 11.5 Å². The Kier molecular flexibility index (Phi) is 3.32. The van der Waals surface area contributed by atoms with E-state index in [1.54, 1.807) is 30.2 Å². The monoisotopic (exact) mass is 311 g/mol. The number of amides is 1. The normalized spacial score (nSPS) is 26.8. The predicted molar refractivity (Wildman–Crippen MR) is 77.6 cm³/mol. The van der Waals surface area contributed by atoms with E-state index in [-0.39, 0.29) is 35.8 Å². The molecule has 1 amide bonds. The fraction of sp³-hybridized carbons (Fsp3) is 0.500. The number of benzene rings is 1. The van der Waals surface area contributed by atoms with Crippen LogP contribution in [-0.4, -0.2) is 46.1 Å². The lowest BCUT2D eigenvalue weighted by Crippen LogP contribution is -2.36. The zero-order valence-corrected chi connectivity index (χ0v) is 12.7. The molecule has 0 aliphatic carbocycles. The lowest BCUT2D eigenvalue weighted by atomic mass is 10.0. The summed E-state index contributed by atoms with van der Waals surface area (Å²) in [6.45, 7) is 0. The summed E-state index contributed by atoms with van der Waals surface area (Å²) in [5, 5.41) is 0. The molecule has 0 unspecified atom stereocenters. The minimum Gasteiger partial charge on any atom is -0.497 e. The lowest BCUT2D eigenvalue weighted by molar-refractivity contribution is -0.117. The van der Waals surface area contributed by atoms with Crippen LogP contribution in [0.1, 0.15) is 6.42 Å². The van der Waals surface area contributed by atoms with Gasteiger partial charge in [-0.15, -0.1) is 0 Å². The molecule has 2 atom stereocenters. The van der Waals surface area contributed by atoms with Gasteiger partial charge in [-0.05, 0) is 12.1 Å². The summed E-state index contributed by atoms with van der Waals surface area (Å²) in [7, 11) is -0.00662. The van der Waals surface area contributed by atoms with Crippen LogP contribution in [0.3, 0.4) is 0 Å². The van der Waals surface area contributed by atoms with Gasteiger partial charge >= 0.3 is 0 Å². The average Bonchev–Trinajstić information content (AvgIpc) is 2.88. The molecule has 7 heteroatoms. The first-order chi connectivity index (χ1) is 9.95. The number of fused-ring (bicyclic) bond motifs is 1. The molecule has 0 bridgehead atoms. The van der Waals surface area contributed by atoms with Crippen LogP contribution in [-0.2, 0) is 14.6 Å². The number of sulfone groups is 1. The number of carbonyl (C=O) groups excluding carboxylic acids is 1. The second-order valence-corrected chi connectivity index (χ2v) is 7.56. The SMILES string of the molecule is COc1ccc(OC)c(N2C(=O)C[C@H]3CS(=O)(=O)C[C@H]32)c1. The first kappa shape index (κ1) is 14.2. The van der Waals surface area contributed by atoms with Gasteiger partial charge in [0.25, 0.3) is 0 Å². The summed E-state index contributed by atoms with van der Waals surface area (Å²) < 4.78 is 34.1.